The second kappa shape index (κ2) is 6.84. The molecule has 0 bridgehead atoms. The van der Waals surface area contributed by atoms with Gasteiger partial charge in [0.2, 0.25) is 0 Å². The first-order valence-corrected chi connectivity index (χ1v) is 8.57. The molecule has 118 valence electrons. The zero-order valence-corrected chi connectivity index (χ0v) is 13.9. The molecule has 2 aromatic rings. The smallest absolute Gasteiger partial charge is 0.189 e. The highest BCUT2D eigenvalue weighted by Crippen LogP contribution is 2.26. The fraction of sp³-hybridized carbons (Fsp3) is 0.375. The highest BCUT2D eigenvalue weighted by atomic mass is 32.2. The van der Waals surface area contributed by atoms with E-state index in [0.717, 1.165) is 24.3 Å². The SMILES string of the molecule is CSc1ncc(C#N)c(N2CCC(Oc3ccncc3C)C2)n1. The van der Waals surface area contributed by atoms with Gasteiger partial charge in [-0.05, 0) is 19.2 Å². The summed E-state index contributed by atoms with van der Waals surface area (Å²) in [6, 6.07) is 4.06. The molecule has 1 atom stereocenters. The van der Waals surface area contributed by atoms with Crippen LogP contribution >= 0.6 is 11.8 Å². The van der Waals surface area contributed by atoms with Crippen LogP contribution in [0, 0.1) is 18.3 Å². The third-order valence-corrected chi connectivity index (χ3v) is 4.32. The summed E-state index contributed by atoms with van der Waals surface area (Å²) in [4.78, 5) is 14.8. The van der Waals surface area contributed by atoms with Crippen molar-refractivity contribution in [1.29, 1.82) is 5.26 Å². The molecule has 1 fully saturated rings. The van der Waals surface area contributed by atoms with Gasteiger partial charge in [0.25, 0.3) is 0 Å². The van der Waals surface area contributed by atoms with Crippen molar-refractivity contribution in [2.45, 2.75) is 24.6 Å². The van der Waals surface area contributed by atoms with Crippen molar-refractivity contribution >= 4 is 17.6 Å². The van der Waals surface area contributed by atoms with Crippen LogP contribution in [-0.4, -0.2) is 40.4 Å². The van der Waals surface area contributed by atoms with E-state index in [-0.39, 0.29) is 6.10 Å². The topological polar surface area (TPSA) is 74.9 Å². The number of pyridine rings is 1. The summed E-state index contributed by atoms with van der Waals surface area (Å²) in [6.07, 6.45) is 8.02. The molecular weight excluding hydrogens is 310 g/mol. The van der Waals surface area contributed by atoms with Gasteiger partial charge in [-0.1, -0.05) is 11.8 Å². The molecule has 1 aliphatic rings. The maximum absolute atomic E-state index is 9.28. The molecule has 3 rings (SSSR count). The summed E-state index contributed by atoms with van der Waals surface area (Å²) in [5.41, 5.74) is 1.53. The molecule has 1 unspecified atom stereocenters. The largest absolute Gasteiger partial charge is 0.488 e. The predicted octanol–water partition coefficient (Wildman–Crippen LogP) is 2.43. The van der Waals surface area contributed by atoms with Gasteiger partial charge >= 0.3 is 0 Å². The Balaban J connectivity index is 1.75. The first-order valence-electron chi connectivity index (χ1n) is 7.34. The Kier molecular flexibility index (Phi) is 4.63. The van der Waals surface area contributed by atoms with Crippen LogP contribution in [0.3, 0.4) is 0 Å². The van der Waals surface area contributed by atoms with E-state index < -0.39 is 0 Å². The van der Waals surface area contributed by atoms with Crippen molar-refractivity contribution in [3.8, 4) is 11.8 Å². The predicted molar refractivity (Wildman–Crippen MR) is 88.7 cm³/mol. The zero-order valence-electron chi connectivity index (χ0n) is 13.1. The van der Waals surface area contributed by atoms with E-state index in [4.69, 9.17) is 4.74 Å². The lowest BCUT2D eigenvalue weighted by atomic mass is 10.2. The monoisotopic (exact) mass is 327 g/mol. The number of thioether (sulfide) groups is 1. The molecule has 0 radical (unpaired) electrons. The summed E-state index contributed by atoms with van der Waals surface area (Å²) in [7, 11) is 0. The lowest BCUT2D eigenvalue weighted by Crippen LogP contribution is -2.26. The molecule has 3 heterocycles. The molecule has 2 aromatic heterocycles. The van der Waals surface area contributed by atoms with E-state index in [2.05, 4.69) is 25.9 Å². The van der Waals surface area contributed by atoms with E-state index in [0.29, 0.717) is 23.1 Å². The van der Waals surface area contributed by atoms with Gasteiger partial charge in [0, 0.05) is 30.9 Å². The maximum Gasteiger partial charge on any atom is 0.189 e. The molecule has 0 saturated carbocycles. The molecule has 0 spiro atoms. The number of nitrogens with zero attached hydrogens (tertiary/aromatic N) is 5. The van der Waals surface area contributed by atoms with Crippen molar-refractivity contribution in [3.05, 3.63) is 35.8 Å². The van der Waals surface area contributed by atoms with Crippen molar-refractivity contribution in [1.82, 2.24) is 15.0 Å². The van der Waals surface area contributed by atoms with Gasteiger partial charge in [0.15, 0.2) is 11.0 Å². The quantitative estimate of drug-likeness (QED) is 0.630. The van der Waals surface area contributed by atoms with Crippen molar-refractivity contribution in [3.63, 3.8) is 0 Å². The van der Waals surface area contributed by atoms with Crippen LogP contribution in [0.25, 0.3) is 0 Å². The van der Waals surface area contributed by atoms with Crippen molar-refractivity contribution < 1.29 is 4.74 Å². The van der Waals surface area contributed by atoms with Gasteiger partial charge in [-0.15, -0.1) is 0 Å². The fourth-order valence-electron chi connectivity index (χ4n) is 2.56. The number of aryl methyl sites for hydroxylation is 1. The van der Waals surface area contributed by atoms with Crippen LogP contribution in [-0.2, 0) is 0 Å². The number of nitriles is 1. The lowest BCUT2D eigenvalue weighted by Gasteiger charge is -2.19. The average molecular weight is 327 g/mol. The molecule has 23 heavy (non-hydrogen) atoms. The summed E-state index contributed by atoms with van der Waals surface area (Å²) in [5.74, 6) is 1.56. The fourth-order valence-corrected chi connectivity index (χ4v) is 2.90. The van der Waals surface area contributed by atoms with Crippen LogP contribution in [0.2, 0.25) is 0 Å². The van der Waals surface area contributed by atoms with Gasteiger partial charge in [-0.2, -0.15) is 5.26 Å². The molecule has 7 heteroatoms. The first-order chi connectivity index (χ1) is 11.2. The first kappa shape index (κ1) is 15.6. The number of aromatic nitrogens is 3. The normalized spacial score (nSPS) is 17.1. The Hall–Kier alpha value is -2.33. The second-order valence-electron chi connectivity index (χ2n) is 5.32. The minimum Gasteiger partial charge on any atom is -0.488 e. The average Bonchev–Trinajstić information content (AvgIpc) is 3.05. The van der Waals surface area contributed by atoms with Gasteiger partial charge in [0.1, 0.15) is 23.5 Å². The van der Waals surface area contributed by atoms with Crippen LogP contribution in [0.15, 0.2) is 29.8 Å². The van der Waals surface area contributed by atoms with Gasteiger partial charge < -0.3 is 9.64 Å². The third kappa shape index (κ3) is 3.37. The Morgan fingerprint density at radius 1 is 1.43 bits per heavy atom. The Bertz CT molecular complexity index is 745. The number of anilines is 1. The summed E-state index contributed by atoms with van der Waals surface area (Å²) >= 11 is 1.47. The van der Waals surface area contributed by atoms with E-state index in [1.807, 2.05) is 19.2 Å². The Morgan fingerprint density at radius 3 is 3.04 bits per heavy atom. The van der Waals surface area contributed by atoms with E-state index in [1.165, 1.54) is 11.8 Å². The maximum atomic E-state index is 9.28. The number of hydrogen-bond acceptors (Lipinski definition) is 7. The van der Waals surface area contributed by atoms with Crippen LogP contribution < -0.4 is 9.64 Å². The highest BCUT2D eigenvalue weighted by Gasteiger charge is 2.27. The van der Waals surface area contributed by atoms with E-state index >= 15 is 0 Å². The minimum absolute atomic E-state index is 0.0790. The van der Waals surface area contributed by atoms with Gasteiger partial charge in [0.05, 0.1) is 12.7 Å². The Labute approximate surface area is 139 Å². The summed E-state index contributed by atoms with van der Waals surface area (Å²) in [5, 5.41) is 9.95. The number of rotatable bonds is 4. The number of ether oxygens (including phenoxy) is 1. The standard InChI is InChI=1S/C16H17N5OS/c1-11-8-18-5-3-14(11)22-13-4-6-21(10-13)15-12(7-17)9-19-16(20-15)23-2/h3,5,8-9,13H,4,6,10H2,1-2H3. The molecule has 0 aliphatic carbocycles. The molecular formula is C16H17N5OS. The molecule has 0 N–H and O–H groups in total. The molecule has 1 saturated heterocycles. The van der Waals surface area contributed by atoms with Gasteiger partial charge in [-0.25, -0.2) is 9.97 Å². The molecule has 6 nitrogen and oxygen atoms in total. The summed E-state index contributed by atoms with van der Waals surface area (Å²) < 4.78 is 6.07. The molecule has 0 aromatic carbocycles. The second-order valence-corrected chi connectivity index (χ2v) is 6.09. The Morgan fingerprint density at radius 2 is 2.30 bits per heavy atom. The lowest BCUT2D eigenvalue weighted by molar-refractivity contribution is 0.223. The molecule has 0 amide bonds. The minimum atomic E-state index is 0.0790. The van der Waals surface area contributed by atoms with Crippen LogP contribution in [0.4, 0.5) is 5.82 Å². The van der Waals surface area contributed by atoms with Gasteiger partial charge in [-0.3, -0.25) is 4.98 Å². The summed E-state index contributed by atoms with van der Waals surface area (Å²) in [6.45, 7) is 3.51. The highest BCUT2D eigenvalue weighted by molar-refractivity contribution is 7.98. The third-order valence-electron chi connectivity index (χ3n) is 3.76. The zero-order chi connectivity index (χ0) is 16.2. The van der Waals surface area contributed by atoms with E-state index in [9.17, 15) is 5.26 Å². The molecule has 1 aliphatic heterocycles. The van der Waals surface area contributed by atoms with Crippen molar-refractivity contribution in [2.75, 3.05) is 24.2 Å². The number of hydrogen-bond donors (Lipinski definition) is 0. The van der Waals surface area contributed by atoms with Crippen LogP contribution in [0.5, 0.6) is 5.75 Å². The van der Waals surface area contributed by atoms with Crippen molar-refractivity contribution in [2.24, 2.45) is 0 Å². The van der Waals surface area contributed by atoms with Crippen LogP contribution in [0.1, 0.15) is 17.5 Å². The van der Waals surface area contributed by atoms with E-state index in [1.54, 1.807) is 18.6 Å².